The van der Waals surface area contributed by atoms with E-state index in [-0.39, 0.29) is 16.3 Å². The number of halogens is 1. The molecule has 0 saturated carbocycles. The SMILES string of the molecule is CCn1cc(NC(=O)C(C)Br)ccc1=O. The van der Waals surface area contributed by atoms with Crippen LogP contribution in [-0.4, -0.2) is 15.3 Å². The molecule has 0 bridgehead atoms. The first kappa shape index (κ1) is 12.0. The molecule has 0 fully saturated rings. The number of nitrogens with one attached hydrogen (secondary N) is 1. The van der Waals surface area contributed by atoms with Crippen molar-refractivity contribution in [3.05, 3.63) is 28.7 Å². The molecule has 4 nitrogen and oxygen atoms in total. The number of carbonyl (C=O) groups excluding carboxylic acids is 1. The van der Waals surface area contributed by atoms with Crippen LogP contribution in [0.1, 0.15) is 13.8 Å². The molecule has 0 spiro atoms. The summed E-state index contributed by atoms with van der Waals surface area (Å²) < 4.78 is 1.54. The van der Waals surface area contributed by atoms with Crippen molar-refractivity contribution in [2.75, 3.05) is 5.32 Å². The predicted octanol–water partition coefficient (Wildman–Crippen LogP) is 1.59. The van der Waals surface area contributed by atoms with Crippen molar-refractivity contribution in [1.29, 1.82) is 0 Å². The topological polar surface area (TPSA) is 51.1 Å². The first-order valence-corrected chi connectivity index (χ1v) is 5.61. The second-order valence-electron chi connectivity index (χ2n) is 3.15. The van der Waals surface area contributed by atoms with E-state index in [4.69, 9.17) is 0 Å². The zero-order valence-corrected chi connectivity index (χ0v) is 10.2. The molecule has 1 amide bonds. The van der Waals surface area contributed by atoms with Crippen LogP contribution in [0.4, 0.5) is 5.69 Å². The maximum Gasteiger partial charge on any atom is 0.250 e. The Kier molecular flexibility index (Phi) is 4.08. The van der Waals surface area contributed by atoms with Gasteiger partial charge >= 0.3 is 0 Å². The molecule has 0 aliphatic rings. The fourth-order valence-electron chi connectivity index (χ4n) is 1.09. The summed E-state index contributed by atoms with van der Waals surface area (Å²) in [6.45, 7) is 4.21. The van der Waals surface area contributed by atoms with Crippen LogP contribution in [0, 0.1) is 0 Å². The van der Waals surface area contributed by atoms with Crippen molar-refractivity contribution in [3.8, 4) is 0 Å². The van der Waals surface area contributed by atoms with E-state index in [2.05, 4.69) is 21.2 Å². The van der Waals surface area contributed by atoms with E-state index in [1.807, 2.05) is 6.92 Å². The van der Waals surface area contributed by atoms with Crippen LogP contribution in [0.5, 0.6) is 0 Å². The number of aromatic nitrogens is 1. The molecule has 1 heterocycles. The maximum atomic E-state index is 11.4. The predicted molar refractivity (Wildman–Crippen MR) is 63.4 cm³/mol. The number of hydrogen-bond acceptors (Lipinski definition) is 2. The van der Waals surface area contributed by atoms with E-state index in [0.717, 1.165) is 0 Å². The van der Waals surface area contributed by atoms with E-state index in [1.165, 1.54) is 10.6 Å². The van der Waals surface area contributed by atoms with Crippen molar-refractivity contribution in [1.82, 2.24) is 4.57 Å². The Morgan fingerprint density at radius 3 is 2.80 bits per heavy atom. The highest BCUT2D eigenvalue weighted by Gasteiger charge is 2.08. The van der Waals surface area contributed by atoms with Crippen LogP contribution in [0.25, 0.3) is 0 Å². The normalized spacial score (nSPS) is 12.2. The fraction of sp³-hybridized carbons (Fsp3) is 0.400. The molecule has 0 aliphatic carbocycles. The number of pyridine rings is 1. The van der Waals surface area contributed by atoms with Crippen molar-refractivity contribution < 1.29 is 4.79 Å². The highest BCUT2D eigenvalue weighted by Crippen LogP contribution is 2.06. The highest BCUT2D eigenvalue weighted by molar-refractivity contribution is 9.10. The third kappa shape index (κ3) is 3.20. The average Bonchev–Trinajstić information content (AvgIpc) is 2.20. The van der Waals surface area contributed by atoms with Gasteiger partial charge < -0.3 is 9.88 Å². The lowest BCUT2D eigenvalue weighted by molar-refractivity contribution is -0.115. The standard InChI is InChI=1S/C10H13BrN2O2/c1-3-13-6-8(4-5-9(13)14)12-10(15)7(2)11/h4-7H,3H2,1-2H3,(H,12,15). The van der Waals surface area contributed by atoms with Crippen LogP contribution in [0.15, 0.2) is 23.1 Å². The number of anilines is 1. The van der Waals surface area contributed by atoms with E-state index in [9.17, 15) is 9.59 Å². The first-order valence-electron chi connectivity index (χ1n) is 4.70. The lowest BCUT2D eigenvalue weighted by Gasteiger charge is -2.08. The van der Waals surface area contributed by atoms with Gasteiger partial charge in [-0.3, -0.25) is 9.59 Å². The molecule has 1 N–H and O–H groups in total. The van der Waals surface area contributed by atoms with Gasteiger partial charge in [0.1, 0.15) is 0 Å². The molecule has 1 aromatic rings. The number of aryl methyl sites for hydroxylation is 1. The lowest BCUT2D eigenvalue weighted by atomic mass is 10.3. The van der Waals surface area contributed by atoms with E-state index < -0.39 is 0 Å². The number of carbonyl (C=O) groups is 1. The highest BCUT2D eigenvalue weighted by atomic mass is 79.9. The van der Waals surface area contributed by atoms with Gasteiger partial charge in [0.05, 0.1) is 10.5 Å². The van der Waals surface area contributed by atoms with Crippen LogP contribution >= 0.6 is 15.9 Å². The minimum absolute atomic E-state index is 0.0672. The quantitative estimate of drug-likeness (QED) is 0.850. The summed E-state index contributed by atoms with van der Waals surface area (Å²) in [4.78, 5) is 22.4. The van der Waals surface area contributed by atoms with Gasteiger partial charge in [-0.05, 0) is 19.9 Å². The Balaban J connectivity index is 2.88. The maximum absolute atomic E-state index is 11.4. The monoisotopic (exact) mass is 272 g/mol. The second kappa shape index (κ2) is 5.11. The van der Waals surface area contributed by atoms with E-state index in [1.54, 1.807) is 19.2 Å². The third-order valence-electron chi connectivity index (χ3n) is 1.95. The van der Waals surface area contributed by atoms with Crippen LogP contribution in [-0.2, 0) is 11.3 Å². The van der Waals surface area contributed by atoms with Crippen molar-refractivity contribution in [2.24, 2.45) is 0 Å². The smallest absolute Gasteiger partial charge is 0.250 e. The van der Waals surface area contributed by atoms with Gasteiger partial charge in [0.2, 0.25) is 5.91 Å². The average molecular weight is 273 g/mol. The second-order valence-corrected chi connectivity index (χ2v) is 4.52. The van der Waals surface area contributed by atoms with Gasteiger partial charge in [0.25, 0.3) is 5.56 Å². The number of amides is 1. The molecule has 82 valence electrons. The molecule has 0 aromatic carbocycles. The van der Waals surface area contributed by atoms with Crippen molar-refractivity contribution in [3.63, 3.8) is 0 Å². The van der Waals surface area contributed by atoms with E-state index >= 15 is 0 Å². The Morgan fingerprint density at radius 1 is 1.60 bits per heavy atom. The van der Waals surface area contributed by atoms with Crippen LogP contribution in [0.2, 0.25) is 0 Å². The summed E-state index contributed by atoms with van der Waals surface area (Å²) in [5, 5.41) is 2.70. The third-order valence-corrected chi connectivity index (χ3v) is 2.37. The molecule has 0 saturated heterocycles. The zero-order chi connectivity index (χ0) is 11.4. The number of rotatable bonds is 3. The van der Waals surface area contributed by atoms with Gasteiger partial charge in [-0.2, -0.15) is 0 Å². The lowest BCUT2D eigenvalue weighted by Crippen LogP contribution is -2.23. The van der Waals surface area contributed by atoms with Crippen molar-refractivity contribution in [2.45, 2.75) is 25.2 Å². The van der Waals surface area contributed by atoms with Gasteiger partial charge in [0, 0.05) is 18.8 Å². The van der Waals surface area contributed by atoms with E-state index in [0.29, 0.717) is 12.2 Å². The molecule has 15 heavy (non-hydrogen) atoms. The molecule has 0 radical (unpaired) electrons. The minimum Gasteiger partial charge on any atom is -0.324 e. The minimum atomic E-state index is -0.250. The fourth-order valence-corrected chi connectivity index (χ4v) is 1.21. The van der Waals surface area contributed by atoms with Crippen LogP contribution in [0.3, 0.4) is 0 Å². The summed E-state index contributed by atoms with van der Waals surface area (Å²) in [5.74, 6) is -0.128. The summed E-state index contributed by atoms with van der Waals surface area (Å²) in [7, 11) is 0. The van der Waals surface area contributed by atoms with Crippen LogP contribution < -0.4 is 10.9 Å². The Labute approximate surface area is 96.4 Å². The Morgan fingerprint density at radius 2 is 2.27 bits per heavy atom. The molecule has 1 rings (SSSR count). The molecular weight excluding hydrogens is 260 g/mol. The number of hydrogen-bond donors (Lipinski definition) is 1. The summed E-state index contributed by atoms with van der Waals surface area (Å²) >= 11 is 3.17. The van der Waals surface area contributed by atoms with Gasteiger partial charge in [-0.1, -0.05) is 15.9 Å². The van der Waals surface area contributed by atoms with Gasteiger partial charge in [0.15, 0.2) is 0 Å². The summed E-state index contributed by atoms with van der Waals surface area (Å²) in [6.07, 6.45) is 1.63. The Bertz CT molecular complexity index is 412. The molecule has 5 heteroatoms. The molecule has 1 aromatic heterocycles. The summed E-state index contributed by atoms with van der Waals surface area (Å²) in [5.41, 5.74) is 0.565. The summed E-state index contributed by atoms with van der Waals surface area (Å²) in [6, 6.07) is 3.04. The molecule has 1 unspecified atom stereocenters. The largest absolute Gasteiger partial charge is 0.324 e. The van der Waals surface area contributed by atoms with Gasteiger partial charge in [-0.25, -0.2) is 0 Å². The molecule has 1 atom stereocenters. The molecular formula is C10H13BrN2O2. The number of nitrogens with zero attached hydrogens (tertiary/aromatic N) is 1. The first-order chi connectivity index (χ1) is 7.04. The Hall–Kier alpha value is -1.10. The molecule has 0 aliphatic heterocycles. The number of alkyl halides is 1. The zero-order valence-electron chi connectivity index (χ0n) is 8.66. The van der Waals surface area contributed by atoms with Gasteiger partial charge in [-0.15, -0.1) is 0 Å². The van der Waals surface area contributed by atoms with Crippen molar-refractivity contribution >= 4 is 27.5 Å².